The summed E-state index contributed by atoms with van der Waals surface area (Å²) < 4.78 is 0. The summed E-state index contributed by atoms with van der Waals surface area (Å²) in [6, 6.07) is 7.77. The van der Waals surface area contributed by atoms with Crippen LogP contribution in [0.1, 0.15) is 64.2 Å². The van der Waals surface area contributed by atoms with Crippen molar-refractivity contribution in [3.8, 4) is 0 Å². The average molecular weight is 306 g/mol. The fourth-order valence-corrected chi connectivity index (χ4v) is 2.65. The summed E-state index contributed by atoms with van der Waals surface area (Å²) in [5, 5.41) is 3.28. The highest BCUT2D eigenvalue weighted by atomic mass is 15.0. The van der Waals surface area contributed by atoms with Gasteiger partial charge < -0.3 is 22.5 Å². The quantitative estimate of drug-likeness (QED) is 0.253. The lowest BCUT2D eigenvalue weighted by molar-refractivity contribution is 0.538. The number of para-hydroxylation sites is 2. The number of nitrogen functional groups attached to an aromatic ring is 1. The number of unbranched alkanes of at least 4 members (excludes halogenated alkanes) is 8. The van der Waals surface area contributed by atoms with E-state index in [1.807, 2.05) is 24.3 Å². The molecule has 0 aliphatic rings. The van der Waals surface area contributed by atoms with Crippen molar-refractivity contribution in [2.24, 2.45) is 11.5 Å². The molecule has 0 heterocycles. The molecule has 1 atom stereocenters. The molecule has 0 spiro atoms. The molecule has 0 aliphatic heterocycles. The van der Waals surface area contributed by atoms with Crippen LogP contribution in [0.5, 0.6) is 0 Å². The van der Waals surface area contributed by atoms with E-state index in [1.54, 1.807) is 0 Å². The molecule has 126 valence electrons. The van der Waals surface area contributed by atoms with E-state index in [2.05, 4.69) is 5.32 Å². The summed E-state index contributed by atoms with van der Waals surface area (Å²) in [6.45, 7) is 0.836. The Balaban J connectivity index is 1.95. The molecule has 4 nitrogen and oxygen atoms in total. The molecule has 1 aromatic rings. The lowest BCUT2D eigenvalue weighted by Crippen LogP contribution is -2.29. The summed E-state index contributed by atoms with van der Waals surface area (Å²) in [5.41, 5.74) is 19.2. The van der Waals surface area contributed by atoms with Crippen LogP contribution in [-0.4, -0.2) is 12.7 Å². The third-order valence-electron chi connectivity index (χ3n) is 4.02. The fourth-order valence-electron chi connectivity index (χ4n) is 2.65. The molecule has 0 saturated carbocycles. The molecule has 1 rings (SSSR count). The minimum Gasteiger partial charge on any atom is -0.397 e. The first-order chi connectivity index (χ1) is 10.7. The zero-order chi connectivity index (χ0) is 16.0. The molecular formula is C18H34N4. The van der Waals surface area contributed by atoms with Gasteiger partial charge in [-0.3, -0.25) is 0 Å². The Kier molecular flexibility index (Phi) is 10.5. The first kappa shape index (κ1) is 18.8. The van der Waals surface area contributed by atoms with Crippen molar-refractivity contribution in [1.82, 2.24) is 0 Å². The number of anilines is 2. The molecule has 0 bridgehead atoms. The van der Waals surface area contributed by atoms with E-state index in [-0.39, 0.29) is 6.17 Å². The van der Waals surface area contributed by atoms with Crippen LogP contribution < -0.4 is 22.5 Å². The number of nitrogens with two attached hydrogens (primary N) is 3. The van der Waals surface area contributed by atoms with Gasteiger partial charge in [-0.25, -0.2) is 0 Å². The summed E-state index contributed by atoms with van der Waals surface area (Å²) in [7, 11) is 0. The monoisotopic (exact) mass is 306 g/mol. The molecule has 1 aromatic carbocycles. The van der Waals surface area contributed by atoms with Gasteiger partial charge in [0.25, 0.3) is 0 Å². The first-order valence-corrected chi connectivity index (χ1v) is 8.80. The predicted molar refractivity (Wildman–Crippen MR) is 97.7 cm³/mol. The Morgan fingerprint density at radius 1 is 0.818 bits per heavy atom. The second-order valence-corrected chi connectivity index (χ2v) is 6.10. The first-order valence-electron chi connectivity index (χ1n) is 8.80. The lowest BCUT2D eigenvalue weighted by atomic mass is 10.1. The predicted octanol–water partition coefficient (Wildman–Crippen LogP) is 3.83. The molecule has 0 fully saturated rings. The van der Waals surface area contributed by atoms with Crippen LogP contribution in [0.15, 0.2) is 24.3 Å². The maximum absolute atomic E-state index is 6.11. The maximum atomic E-state index is 6.11. The van der Waals surface area contributed by atoms with Crippen molar-refractivity contribution < 1.29 is 0 Å². The highest BCUT2D eigenvalue weighted by Crippen LogP contribution is 2.18. The van der Waals surface area contributed by atoms with E-state index in [4.69, 9.17) is 17.2 Å². The largest absolute Gasteiger partial charge is 0.397 e. The van der Waals surface area contributed by atoms with Crippen molar-refractivity contribution in [3.05, 3.63) is 24.3 Å². The Morgan fingerprint density at radius 2 is 1.36 bits per heavy atom. The van der Waals surface area contributed by atoms with Crippen LogP contribution in [0.2, 0.25) is 0 Å². The molecule has 0 amide bonds. The van der Waals surface area contributed by atoms with Crippen LogP contribution in [0.4, 0.5) is 11.4 Å². The van der Waals surface area contributed by atoms with Gasteiger partial charge in [0.2, 0.25) is 0 Å². The van der Waals surface area contributed by atoms with Gasteiger partial charge in [-0.1, -0.05) is 63.5 Å². The Hall–Kier alpha value is -1.26. The van der Waals surface area contributed by atoms with Crippen molar-refractivity contribution in [2.75, 3.05) is 17.6 Å². The van der Waals surface area contributed by atoms with Crippen LogP contribution >= 0.6 is 0 Å². The van der Waals surface area contributed by atoms with E-state index in [0.717, 1.165) is 24.3 Å². The smallest absolute Gasteiger partial charge is 0.0743 e. The summed E-state index contributed by atoms with van der Waals surface area (Å²) in [6.07, 6.45) is 12.6. The molecule has 7 N–H and O–H groups in total. The molecule has 0 aliphatic carbocycles. The lowest BCUT2D eigenvalue weighted by Gasteiger charge is -2.16. The minimum absolute atomic E-state index is 0.0130. The van der Waals surface area contributed by atoms with Gasteiger partial charge in [0.05, 0.1) is 17.5 Å². The summed E-state index contributed by atoms with van der Waals surface area (Å²) in [4.78, 5) is 0. The van der Waals surface area contributed by atoms with Crippen LogP contribution in [0.3, 0.4) is 0 Å². The van der Waals surface area contributed by atoms with Crippen molar-refractivity contribution >= 4 is 11.4 Å². The molecule has 0 aromatic heterocycles. The summed E-state index contributed by atoms with van der Waals surface area (Å²) >= 11 is 0. The fraction of sp³-hybridized carbons (Fsp3) is 0.667. The highest BCUT2D eigenvalue weighted by molar-refractivity contribution is 5.65. The molecular weight excluding hydrogens is 272 g/mol. The van der Waals surface area contributed by atoms with Crippen molar-refractivity contribution in [2.45, 2.75) is 70.4 Å². The van der Waals surface area contributed by atoms with Crippen LogP contribution in [0.25, 0.3) is 0 Å². The number of hydrogen-bond acceptors (Lipinski definition) is 4. The van der Waals surface area contributed by atoms with E-state index < -0.39 is 0 Å². The Labute approximate surface area is 135 Å². The zero-order valence-corrected chi connectivity index (χ0v) is 13.9. The van der Waals surface area contributed by atoms with E-state index in [0.29, 0.717) is 0 Å². The van der Waals surface area contributed by atoms with Crippen molar-refractivity contribution in [3.63, 3.8) is 0 Å². The topological polar surface area (TPSA) is 90.1 Å². The third-order valence-corrected chi connectivity index (χ3v) is 4.02. The van der Waals surface area contributed by atoms with E-state index in [9.17, 15) is 0 Å². The number of rotatable bonds is 13. The number of benzene rings is 1. The Morgan fingerprint density at radius 3 is 1.95 bits per heavy atom. The van der Waals surface area contributed by atoms with Gasteiger partial charge in [0.1, 0.15) is 0 Å². The van der Waals surface area contributed by atoms with Crippen molar-refractivity contribution in [1.29, 1.82) is 0 Å². The standard InChI is InChI=1S/C18H34N4/c19-15-11-7-5-3-1-2-4-6-8-14-18(21)22-17-13-10-9-12-16(17)20/h9-10,12-13,18,22H,1-8,11,14-15,19-21H2. The number of hydrogen-bond donors (Lipinski definition) is 4. The number of nitrogens with one attached hydrogen (secondary N) is 1. The zero-order valence-electron chi connectivity index (χ0n) is 13.9. The van der Waals surface area contributed by atoms with Crippen LogP contribution in [-0.2, 0) is 0 Å². The molecule has 1 unspecified atom stereocenters. The summed E-state index contributed by atoms with van der Waals surface area (Å²) in [5.74, 6) is 0. The van der Waals surface area contributed by atoms with Gasteiger partial charge in [0, 0.05) is 0 Å². The van der Waals surface area contributed by atoms with Crippen LogP contribution in [0, 0.1) is 0 Å². The van der Waals surface area contributed by atoms with E-state index >= 15 is 0 Å². The van der Waals surface area contributed by atoms with Gasteiger partial charge in [-0.05, 0) is 31.5 Å². The van der Waals surface area contributed by atoms with Gasteiger partial charge in [0.15, 0.2) is 0 Å². The van der Waals surface area contributed by atoms with Gasteiger partial charge >= 0.3 is 0 Å². The van der Waals surface area contributed by atoms with Gasteiger partial charge in [-0.15, -0.1) is 0 Å². The molecule has 4 heteroatoms. The Bertz CT molecular complexity index is 381. The molecule has 0 radical (unpaired) electrons. The second kappa shape index (κ2) is 12.3. The molecule has 0 saturated heterocycles. The maximum Gasteiger partial charge on any atom is 0.0743 e. The highest BCUT2D eigenvalue weighted by Gasteiger charge is 2.04. The normalized spacial score (nSPS) is 12.3. The minimum atomic E-state index is -0.0130. The second-order valence-electron chi connectivity index (χ2n) is 6.10. The SMILES string of the molecule is NCCCCCCCCCCCC(N)Nc1ccccc1N. The van der Waals surface area contributed by atoms with E-state index in [1.165, 1.54) is 57.8 Å². The molecule has 22 heavy (non-hydrogen) atoms. The average Bonchev–Trinajstić information content (AvgIpc) is 2.51. The third kappa shape index (κ3) is 8.90. The van der Waals surface area contributed by atoms with Gasteiger partial charge in [-0.2, -0.15) is 0 Å².